The molecule has 2 aliphatic rings. The molecule has 224 valence electrons. The summed E-state index contributed by atoms with van der Waals surface area (Å²) in [7, 11) is 0. The van der Waals surface area contributed by atoms with E-state index in [-0.39, 0.29) is 12.2 Å². The van der Waals surface area contributed by atoms with E-state index in [0.29, 0.717) is 50.9 Å². The van der Waals surface area contributed by atoms with E-state index < -0.39 is 17.7 Å². The van der Waals surface area contributed by atoms with Crippen LogP contribution in [0.1, 0.15) is 77.6 Å². The number of amides is 2. The Bertz CT molecular complexity index is 1130. The fraction of sp³-hybridized carbons (Fsp3) is 0.621. The molecule has 0 aromatic carbocycles. The number of anilines is 2. The average molecular weight is 570 g/mol. The second-order valence-electron chi connectivity index (χ2n) is 11.3. The van der Waals surface area contributed by atoms with Gasteiger partial charge in [-0.3, -0.25) is 9.78 Å². The van der Waals surface area contributed by atoms with Crippen LogP contribution in [0.15, 0.2) is 24.5 Å². The Morgan fingerprint density at radius 3 is 2.34 bits per heavy atom. The smallest absolute Gasteiger partial charge is 0.408 e. The van der Waals surface area contributed by atoms with E-state index in [9.17, 15) is 9.59 Å². The summed E-state index contributed by atoms with van der Waals surface area (Å²) in [6, 6.07) is 3.20. The van der Waals surface area contributed by atoms with Crippen LogP contribution in [0.5, 0.6) is 0 Å². The zero-order valence-corrected chi connectivity index (χ0v) is 24.3. The Hall–Kier alpha value is -3.51. The quantitative estimate of drug-likeness (QED) is 0.424. The van der Waals surface area contributed by atoms with Gasteiger partial charge >= 0.3 is 6.09 Å². The highest BCUT2D eigenvalue weighted by Gasteiger charge is 2.24. The molecule has 2 aromatic heterocycles. The van der Waals surface area contributed by atoms with Gasteiger partial charge in [-0.05, 0) is 58.9 Å². The van der Waals surface area contributed by atoms with Gasteiger partial charge in [-0.15, -0.1) is 0 Å². The standard InChI is InChI=1S/C29H43N7O5/c1-29(2,3)41-28(38)35-23-10-6-9-13-30-24-21(22-12-11-20(18-33-22)26-39-16-17-40-26)19-34-27(36-24)32-15-8-5-4-7-14-31-25(23)37/h11-12,18-19,23,26H,4-10,13-17H2,1-3H3,(H,31,37)(H,35,38)(H2,30,32,34,36). The molecule has 4 heterocycles. The highest BCUT2D eigenvalue weighted by molar-refractivity contribution is 5.85. The third-order valence-electron chi connectivity index (χ3n) is 6.65. The summed E-state index contributed by atoms with van der Waals surface area (Å²) in [4.78, 5) is 39.2. The van der Waals surface area contributed by atoms with Gasteiger partial charge in [-0.25, -0.2) is 9.78 Å². The maximum Gasteiger partial charge on any atom is 0.408 e. The number of nitrogens with one attached hydrogen (secondary N) is 4. The lowest BCUT2D eigenvalue weighted by molar-refractivity contribution is -0.123. The Kier molecular flexibility index (Phi) is 11.1. The van der Waals surface area contributed by atoms with Crippen molar-refractivity contribution < 1.29 is 23.8 Å². The van der Waals surface area contributed by atoms with Crippen LogP contribution >= 0.6 is 0 Å². The van der Waals surface area contributed by atoms with Crippen LogP contribution in [0.25, 0.3) is 11.3 Å². The van der Waals surface area contributed by atoms with E-state index in [1.807, 2.05) is 12.1 Å². The van der Waals surface area contributed by atoms with Gasteiger partial charge in [-0.2, -0.15) is 4.98 Å². The van der Waals surface area contributed by atoms with Gasteiger partial charge in [0, 0.05) is 37.6 Å². The molecular formula is C29H43N7O5. The lowest BCUT2D eigenvalue weighted by Crippen LogP contribution is -2.48. The van der Waals surface area contributed by atoms with E-state index in [1.54, 1.807) is 33.2 Å². The van der Waals surface area contributed by atoms with E-state index >= 15 is 0 Å². The molecule has 0 spiro atoms. The van der Waals surface area contributed by atoms with Crippen molar-refractivity contribution in [2.45, 2.75) is 83.6 Å². The van der Waals surface area contributed by atoms with Crippen molar-refractivity contribution in [3.8, 4) is 11.3 Å². The molecule has 41 heavy (non-hydrogen) atoms. The second kappa shape index (κ2) is 14.9. The molecule has 2 bridgehead atoms. The number of aromatic nitrogens is 3. The number of alkyl carbamates (subject to hydrolysis) is 1. The molecule has 0 aliphatic carbocycles. The minimum Gasteiger partial charge on any atom is -0.444 e. The molecule has 4 N–H and O–H groups in total. The predicted octanol–water partition coefficient (Wildman–Crippen LogP) is 4.16. The van der Waals surface area contributed by atoms with Gasteiger partial charge in [0.25, 0.3) is 0 Å². The van der Waals surface area contributed by atoms with Crippen molar-refractivity contribution in [2.24, 2.45) is 0 Å². The molecule has 12 nitrogen and oxygen atoms in total. The summed E-state index contributed by atoms with van der Waals surface area (Å²) < 4.78 is 16.5. The van der Waals surface area contributed by atoms with Gasteiger partial charge < -0.3 is 35.5 Å². The van der Waals surface area contributed by atoms with Crippen molar-refractivity contribution in [1.82, 2.24) is 25.6 Å². The van der Waals surface area contributed by atoms with Gasteiger partial charge in [0.15, 0.2) is 6.29 Å². The largest absolute Gasteiger partial charge is 0.444 e. The summed E-state index contributed by atoms with van der Waals surface area (Å²) in [5.41, 5.74) is 1.75. The fourth-order valence-corrected chi connectivity index (χ4v) is 4.58. The molecule has 1 fully saturated rings. The molecular weight excluding hydrogens is 526 g/mol. The van der Waals surface area contributed by atoms with Crippen molar-refractivity contribution >= 4 is 23.8 Å². The van der Waals surface area contributed by atoms with Crippen LogP contribution < -0.4 is 21.3 Å². The first kappa shape index (κ1) is 30.4. The average Bonchev–Trinajstić information content (AvgIpc) is 3.47. The van der Waals surface area contributed by atoms with E-state index in [2.05, 4.69) is 31.2 Å². The predicted molar refractivity (Wildman–Crippen MR) is 155 cm³/mol. The van der Waals surface area contributed by atoms with Crippen LogP contribution in [0, 0.1) is 0 Å². The second-order valence-corrected chi connectivity index (χ2v) is 11.3. The summed E-state index contributed by atoms with van der Waals surface area (Å²) >= 11 is 0. The maximum absolute atomic E-state index is 12.9. The summed E-state index contributed by atoms with van der Waals surface area (Å²) in [6.45, 7) is 8.49. The van der Waals surface area contributed by atoms with Gasteiger partial charge in [0.1, 0.15) is 17.5 Å². The van der Waals surface area contributed by atoms with Crippen molar-refractivity contribution in [2.75, 3.05) is 43.5 Å². The number of rotatable bonds is 3. The molecule has 2 aliphatic heterocycles. The van der Waals surface area contributed by atoms with Crippen LogP contribution in [0.2, 0.25) is 0 Å². The fourth-order valence-electron chi connectivity index (χ4n) is 4.58. The molecule has 2 amide bonds. The SMILES string of the molecule is CC(C)(C)OC(=O)NC1CCCCNc2nc(ncc2-c2ccc(C3OCCO3)cn2)NCCCCCCNC1=O. The molecule has 0 saturated carbocycles. The maximum atomic E-state index is 12.9. The van der Waals surface area contributed by atoms with Gasteiger partial charge in [0.05, 0.1) is 24.5 Å². The lowest BCUT2D eigenvalue weighted by atomic mass is 10.1. The highest BCUT2D eigenvalue weighted by atomic mass is 16.7. The summed E-state index contributed by atoms with van der Waals surface area (Å²) in [5, 5.41) is 12.5. The third kappa shape index (κ3) is 9.82. The topological polar surface area (TPSA) is 149 Å². The Labute approximate surface area is 241 Å². The normalized spacial score (nSPS) is 20.1. The number of hydrogen-bond acceptors (Lipinski definition) is 10. The number of fused-ring (bicyclic) bond motifs is 2. The molecule has 1 atom stereocenters. The zero-order valence-electron chi connectivity index (χ0n) is 24.3. The Morgan fingerprint density at radius 2 is 1.63 bits per heavy atom. The Morgan fingerprint density at radius 1 is 0.927 bits per heavy atom. The highest BCUT2D eigenvalue weighted by Crippen LogP contribution is 2.28. The molecule has 12 heteroatoms. The number of pyridine rings is 1. The molecule has 2 aromatic rings. The van der Waals surface area contributed by atoms with Crippen molar-refractivity contribution in [1.29, 1.82) is 0 Å². The first-order valence-corrected chi connectivity index (χ1v) is 14.6. The molecule has 0 radical (unpaired) electrons. The molecule has 1 unspecified atom stereocenters. The number of hydrogen-bond donors (Lipinski definition) is 4. The van der Waals surface area contributed by atoms with E-state index in [1.165, 1.54) is 0 Å². The van der Waals surface area contributed by atoms with Gasteiger partial charge in [-0.1, -0.05) is 18.9 Å². The Balaban J connectivity index is 1.44. The van der Waals surface area contributed by atoms with Crippen LogP contribution in [-0.4, -0.2) is 71.4 Å². The van der Waals surface area contributed by atoms with Crippen molar-refractivity contribution in [3.63, 3.8) is 0 Å². The van der Waals surface area contributed by atoms with Gasteiger partial charge in [0.2, 0.25) is 11.9 Å². The lowest BCUT2D eigenvalue weighted by Gasteiger charge is -2.23. The minimum absolute atomic E-state index is 0.183. The first-order chi connectivity index (χ1) is 19.8. The number of ether oxygens (including phenoxy) is 3. The minimum atomic E-state index is -0.662. The van der Waals surface area contributed by atoms with Crippen molar-refractivity contribution in [3.05, 3.63) is 30.1 Å². The van der Waals surface area contributed by atoms with Crippen LogP contribution in [-0.2, 0) is 19.0 Å². The number of nitrogens with zero attached hydrogens (tertiary/aromatic N) is 3. The summed E-state index contributed by atoms with van der Waals surface area (Å²) in [6.07, 6.45) is 8.35. The molecule has 1 saturated heterocycles. The number of carbonyl (C=O) groups is 2. The monoisotopic (exact) mass is 569 g/mol. The van der Waals surface area contributed by atoms with Crippen LogP contribution in [0.4, 0.5) is 16.6 Å². The summed E-state index contributed by atoms with van der Waals surface area (Å²) in [5.74, 6) is 1.06. The number of carbonyl (C=O) groups excluding carboxylic acids is 2. The first-order valence-electron chi connectivity index (χ1n) is 14.6. The zero-order chi connectivity index (χ0) is 29.1. The third-order valence-corrected chi connectivity index (χ3v) is 6.65. The van der Waals surface area contributed by atoms with Crippen LogP contribution in [0.3, 0.4) is 0 Å². The van der Waals surface area contributed by atoms with E-state index in [4.69, 9.17) is 19.2 Å². The van der Waals surface area contributed by atoms with E-state index in [0.717, 1.165) is 55.5 Å². The molecule has 4 rings (SSSR count).